The van der Waals surface area contributed by atoms with Crippen LogP contribution in [0, 0.1) is 0 Å². The summed E-state index contributed by atoms with van der Waals surface area (Å²) in [5.41, 5.74) is 1.85. The topological polar surface area (TPSA) is 99.6 Å². The van der Waals surface area contributed by atoms with E-state index in [2.05, 4.69) is 10.3 Å². The van der Waals surface area contributed by atoms with Crippen molar-refractivity contribution in [1.29, 1.82) is 0 Å². The molecule has 0 saturated heterocycles. The molecule has 1 aliphatic heterocycles. The minimum absolute atomic E-state index is 0.0997. The van der Waals surface area contributed by atoms with Gasteiger partial charge in [0.2, 0.25) is 0 Å². The Morgan fingerprint density at radius 3 is 2.81 bits per heavy atom. The lowest BCUT2D eigenvalue weighted by molar-refractivity contribution is 0.0965. The predicted molar refractivity (Wildman–Crippen MR) is 77.0 cm³/mol. The zero-order valence-corrected chi connectivity index (χ0v) is 12.5. The fourth-order valence-corrected chi connectivity index (χ4v) is 2.99. The van der Waals surface area contributed by atoms with Crippen LogP contribution in [0.4, 0.5) is 5.82 Å². The molecule has 8 heteroatoms. The maximum Gasteiger partial charge on any atom is 0.265 e. The zero-order valence-electron chi connectivity index (χ0n) is 11.7. The van der Waals surface area contributed by atoms with Crippen molar-refractivity contribution in [2.45, 2.75) is 31.8 Å². The van der Waals surface area contributed by atoms with Crippen molar-refractivity contribution in [3.05, 3.63) is 22.9 Å². The second-order valence-electron chi connectivity index (χ2n) is 5.51. The first-order valence-electron chi connectivity index (χ1n) is 6.84. The van der Waals surface area contributed by atoms with Crippen LogP contribution in [-0.4, -0.2) is 42.7 Å². The molecule has 1 aromatic rings. The van der Waals surface area contributed by atoms with Crippen molar-refractivity contribution in [3.8, 4) is 0 Å². The Morgan fingerprint density at radius 1 is 1.48 bits per heavy atom. The molecule has 0 radical (unpaired) electrons. The summed E-state index contributed by atoms with van der Waals surface area (Å²) >= 11 is 0. The van der Waals surface area contributed by atoms with Gasteiger partial charge in [0.1, 0.15) is 5.82 Å². The van der Waals surface area contributed by atoms with E-state index in [0.29, 0.717) is 29.7 Å². The van der Waals surface area contributed by atoms with Crippen LogP contribution in [0.3, 0.4) is 0 Å². The van der Waals surface area contributed by atoms with Gasteiger partial charge < -0.3 is 10.2 Å². The fraction of sp³-hybridized carbons (Fsp3) is 0.538. The third-order valence-electron chi connectivity index (χ3n) is 3.92. The number of aromatic nitrogens is 1. The number of hydrogen-bond donors (Lipinski definition) is 2. The number of amides is 1. The van der Waals surface area contributed by atoms with Gasteiger partial charge in [0.05, 0.1) is 5.75 Å². The molecular weight excluding hydrogens is 294 g/mol. The molecule has 21 heavy (non-hydrogen) atoms. The Kier molecular flexibility index (Phi) is 3.37. The summed E-state index contributed by atoms with van der Waals surface area (Å²) in [5, 5.41) is 2.72. The highest BCUT2D eigenvalue weighted by atomic mass is 32.2. The van der Waals surface area contributed by atoms with Crippen molar-refractivity contribution in [3.63, 3.8) is 0 Å². The Morgan fingerprint density at radius 2 is 2.19 bits per heavy atom. The van der Waals surface area contributed by atoms with Crippen LogP contribution in [0.1, 0.15) is 34.5 Å². The summed E-state index contributed by atoms with van der Waals surface area (Å²) in [6.07, 6.45) is 2.30. The minimum atomic E-state index is -4.05. The van der Waals surface area contributed by atoms with Gasteiger partial charge in [0.25, 0.3) is 16.0 Å². The molecule has 0 atom stereocenters. The number of nitrogens with one attached hydrogen (secondary N) is 1. The maximum absolute atomic E-state index is 11.9. The molecule has 1 aromatic heterocycles. The molecule has 0 unspecified atom stereocenters. The number of fused-ring (bicyclic) bond motifs is 1. The summed E-state index contributed by atoms with van der Waals surface area (Å²) in [5.74, 6) is 0.126. The maximum atomic E-state index is 11.9. The van der Waals surface area contributed by atoms with Crippen molar-refractivity contribution in [2.24, 2.45) is 0 Å². The van der Waals surface area contributed by atoms with E-state index in [4.69, 9.17) is 4.55 Å². The van der Waals surface area contributed by atoms with Gasteiger partial charge >= 0.3 is 0 Å². The van der Waals surface area contributed by atoms with Crippen molar-refractivity contribution >= 4 is 21.8 Å². The number of hydrogen-bond acceptors (Lipinski definition) is 5. The van der Waals surface area contributed by atoms with E-state index in [9.17, 15) is 13.2 Å². The molecule has 114 valence electrons. The normalized spacial score (nSPS) is 17.5. The largest absolute Gasteiger partial charge is 0.357 e. The van der Waals surface area contributed by atoms with Crippen LogP contribution in [0.2, 0.25) is 0 Å². The van der Waals surface area contributed by atoms with Gasteiger partial charge in [-0.05, 0) is 18.9 Å². The lowest BCUT2D eigenvalue weighted by Crippen LogP contribution is -2.22. The molecule has 2 N–H and O–H groups in total. The molecule has 0 aromatic carbocycles. The standard InChI is InChI=1S/C13H17N3O4S/c1-16(8-2-3-8)12-6-9-10(7-14-13(9)17)11(15-12)4-5-21(18,19)20/h6,8H,2-5,7H2,1H3,(H,14,17)(H,18,19,20). The van der Waals surface area contributed by atoms with E-state index in [0.717, 1.165) is 18.4 Å². The Labute approximate surface area is 123 Å². The number of pyridine rings is 1. The first-order chi connectivity index (χ1) is 9.85. The highest BCUT2D eigenvalue weighted by Gasteiger charge is 2.30. The first kappa shape index (κ1) is 14.3. The third-order valence-corrected chi connectivity index (χ3v) is 4.64. The second kappa shape index (κ2) is 4.96. The average molecular weight is 311 g/mol. The van der Waals surface area contributed by atoms with E-state index in [1.807, 2.05) is 11.9 Å². The van der Waals surface area contributed by atoms with E-state index >= 15 is 0 Å². The minimum Gasteiger partial charge on any atom is -0.357 e. The highest BCUT2D eigenvalue weighted by Crippen LogP contribution is 2.31. The molecule has 1 amide bonds. The second-order valence-corrected chi connectivity index (χ2v) is 7.09. The van der Waals surface area contributed by atoms with E-state index < -0.39 is 15.9 Å². The molecule has 3 rings (SSSR count). The summed E-state index contributed by atoms with van der Waals surface area (Å²) in [6, 6.07) is 2.20. The van der Waals surface area contributed by atoms with E-state index in [1.54, 1.807) is 6.07 Å². The number of carbonyl (C=O) groups excluding carboxylic acids is 1. The average Bonchev–Trinajstić information content (AvgIpc) is 3.19. The Bertz CT molecular complexity index is 698. The van der Waals surface area contributed by atoms with Crippen LogP contribution >= 0.6 is 0 Å². The van der Waals surface area contributed by atoms with Gasteiger partial charge in [-0.2, -0.15) is 8.42 Å². The molecule has 0 spiro atoms. The summed E-state index contributed by atoms with van der Waals surface area (Å²) < 4.78 is 30.8. The lowest BCUT2D eigenvalue weighted by atomic mass is 10.1. The van der Waals surface area contributed by atoms with Gasteiger partial charge in [-0.25, -0.2) is 4.98 Å². The monoisotopic (exact) mass is 311 g/mol. The van der Waals surface area contributed by atoms with Crippen LogP contribution in [-0.2, 0) is 23.1 Å². The summed E-state index contributed by atoms with van der Waals surface area (Å²) in [4.78, 5) is 18.4. The van der Waals surface area contributed by atoms with Crippen molar-refractivity contribution < 1.29 is 17.8 Å². The number of rotatable bonds is 5. The van der Waals surface area contributed by atoms with Crippen molar-refractivity contribution in [1.82, 2.24) is 10.3 Å². The number of anilines is 1. The Balaban J connectivity index is 1.96. The molecule has 2 aliphatic rings. The van der Waals surface area contributed by atoms with Crippen LogP contribution in [0.25, 0.3) is 0 Å². The van der Waals surface area contributed by atoms with Gasteiger partial charge in [-0.1, -0.05) is 0 Å². The first-order valence-corrected chi connectivity index (χ1v) is 8.45. The van der Waals surface area contributed by atoms with Gasteiger partial charge in [0.15, 0.2) is 0 Å². The van der Waals surface area contributed by atoms with Crippen LogP contribution in [0.15, 0.2) is 6.07 Å². The van der Waals surface area contributed by atoms with Gasteiger partial charge in [0, 0.05) is 42.9 Å². The van der Waals surface area contributed by atoms with Crippen LogP contribution in [0.5, 0.6) is 0 Å². The molecule has 1 fully saturated rings. The predicted octanol–water partition coefficient (Wildman–Crippen LogP) is 0.354. The number of aryl methyl sites for hydroxylation is 1. The van der Waals surface area contributed by atoms with Crippen molar-refractivity contribution in [2.75, 3.05) is 17.7 Å². The Hall–Kier alpha value is -1.67. The number of carbonyl (C=O) groups is 1. The molecule has 0 bridgehead atoms. The zero-order chi connectivity index (χ0) is 15.2. The smallest absolute Gasteiger partial charge is 0.265 e. The molecular formula is C13H17N3O4S. The molecule has 1 saturated carbocycles. The summed E-state index contributed by atoms with van der Waals surface area (Å²) in [7, 11) is -2.13. The highest BCUT2D eigenvalue weighted by molar-refractivity contribution is 7.85. The quantitative estimate of drug-likeness (QED) is 0.761. The molecule has 7 nitrogen and oxygen atoms in total. The lowest BCUT2D eigenvalue weighted by Gasteiger charge is -2.19. The van der Waals surface area contributed by atoms with E-state index in [-0.39, 0.29) is 12.3 Å². The fourth-order valence-electron chi connectivity index (χ4n) is 2.54. The molecule has 1 aliphatic carbocycles. The van der Waals surface area contributed by atoms with Crippen LogP contribution < -0.4 is 10.2 Å². The number of nitrogens with zero attached hydrogens (tertiary/aromatic N) is 2. The van der Waals surface area contributed by atoms with E-state index in [1.165, 1.54) is 0 Å². The summed E-state index contributed by atoms with van der Waals surface area (Å²) in [6.45, 7) is 0.357. The van der Waals surface area contributed by atoms with Gasteiger partial charge in [-0.15, -0.1) is 0 Å². The third kappa shape index (κ3) is 3.01. The SMILES string of the molecule is CN(c1cc2c(c(CCS(=O)(=O)O)n1)CNC2=O)C1CC1. The molecule has 2 heterocycles. The van der Waals surface area contributed by atoms with Gasteiger partial charge in [-0.3, -0.25) is 9.35 Å².